The molecule has 0 bridgehead atoms. The van der Waals surface area contributed by atoms with E-state index in [1.165, 1.54) is 6.07 Å². The topological polar surface area (TPSA) is 72.5 Å². The van der Waals surface area contributed by atoms with Crippen LogP contribution in [0.15, 0.2) is 48.5 Å². The van der Waals surface area contributed by atoms with E-state index in [0.29, 0.717) is 18.4 Å². The lowest BCUT2D eigenvalue weighted by Gasteiger charge is -2.18. The van der Waals surface area contributed by atoms with E-state index in [9.17, 15) is 14.3 Å². The summed E-state index contributed by atoms with van der Waals surface area (Å²) in [4.78, 5) is 11.7. The molecule has 0 aliphatic heterocycles. The van der Waals surface area contributed by atoms with Gasteiger partial charge in [0.25, 0.3) is 0 Å². The van der Waals surface area contributed by atoms with E-state index in [4.69, 9.17) is 10.5 Å². The highest BCUT2D eigenvalue weighted by Gasteiger charge is 2.22. The molecule has 2 aromatic rings. The maximum Gasteiger partial charge on any atom is 0.311 e. The lowest BCUT2D eigenvalue weighted by atomic mass is 9.95. The quantitative estimate of drug-likeness (QED) is 0.722. The first-order chi connectivity index (χ1) is 12.0. The molecule has 0 amide bonds. The number of benzene rings is 2. The summed E-state index contributed by atoms with van der Waals surface area (Å²) in [5, 5.41) is 9.33. The van der Waals surface area contributed by atoms with Gasteiger partial charge in [0.15, 0.2) is 0 Å². The van der Waals surface area contributed by atoms with Crippen LogP contribution in [-0.4, -0.2) is 30.3 Å². The Labute approximate surface area is 147 Å². The monoisotopic (exact) mass is 345 g/mol. The zero-order chi connectivity index (χ0) is 18.2. The molecule has 25 heavy (non-hydrogen) atoms. The fourth-order valence-electron chi connectivity index (χ4n) is 2.77. The number of hydrogen-bond acceptors (Lipinski definition) is 4. The highest BCUT2D eigenvalue weighted by atomic mass is 19.1. The summed E-state index contributed by atoms with van der Waals surface area (Å²) in [7, 11) is 0. The molecular formula is C20H24FNO3. The Hall–Kier alpha value is -2.24. The van der Waals surface area contributed by atoms with Crippen LogP contribution in [0.3, 0.4) is 0 Å². The molecule has 0 fully saturated rings. The van der Waals surface area contributed by atoms with Gasteiger partial charge >= 0.3 is 5.97 Å². The van der Waals surface area contributed by atoms with Crippen molar-refractivity contribution in [1.82, 2.24) is 0 Å². The standard InChI is InChI=1S/C20H24FNO3/c1-2-25-20(24)16(13-23)12-17(22)11-14-7-9-15(10-8-14)18-5-3-4-6-19(18)21/h3-10,16-17,23H,2,11-13,22H2,1H3. The molecule has 0 aliphatic rings. The van der Waals surface area contributed by atoms with Crippen molar-refractivity contribution in [2.45, 2.75) is 25.8 Å². The Balaban J connectivity index is 1.98. The van der Waals surface area contributed by atoms with Gasteiger partial charge in [-0.25, -0.2) is 4.39 Å². The third kappa shape index (κ3) is 5.37. The fourth-order valence-corrected chi connectivity index (χ4v) is 2.77. The van der Waals surface area contributed by atoms with Gasteiger partial charge in [-0.1, -0.05) is 42.5 Å². The van der Waals surface area contributed by atoms with Crippen LogP contribution in [0.5, 0.6) is 0 Å². The number of ether oxygens (including phenoxy) is 1. The Kier molecular flexibility index (Phi) is 7.10. The number of aliphatic hydroxyl groups is 1. The van der Waals surface area contributed by atoms with Crippen molar-refractivity contribution in [3.63, 3.8) is 0 Å². The molecule has 0 heterocycles. The summed E-state index contributed by atoms with van der Waals surface area (Å²) < 4.78 is 18.8. The second-order valence-electron chi connectivity index (χ2n) is 6.01. The van der Waals surface area contributed by atoms with Crippen molar-refractivity contribution >= 4 is 5.97 Å². The van der Waals surface area contributed by atoms with Gasteiger partial charge in [0.1, 0.15) is 5.82 Å². The van der Waals surface area contributed by atoms with Gasteiger partial charge in [-0.2, -0.15) is 0 Å². The predicted octanol–water partition coefficient (Wildman–Crippen LogP) is 2.92. The van der Waals surface area contributed by atoms with E-state index in [0.717, 1.165) is 11.1 Å². The molecule has 0 aliphatic carbocycles. The molecule has 0 saturated carbocycles. The first kappa shape index (κ1) is 19.1. The van der Waals surface area contributed by atoms with E-state index in [1.54, 1.807) is 25.1 Å². The van der Waals surface area contributed by atoms with Crippen molar-refractivity contribution in [2.24, 2.45) is 11.7 Å². The fraction of sp³-hybridized carbons (Fsp3) is 0.350. The molecule has 134 valence electrons. The average Bonchev–Trinajstić information content (AvgIpc) is 2.61. The van der Waals surface area contributed by atoms with Gasteiger partial charge in [0.2, 0.25) is 0 Å². The lowest BCUT2D eigenvalue weighted by molar-refractivity contribution is -0.149. The van der Waals surface area contributed by atoms with Crippen molar-refractivity contribution in [1.29, 1.82) is 0 Å². The van der Waals surface area contributed by atoms with Crippen molar-refractivity contribution < 1.29 is 19.0 Å². The van der Waals surface area contributed by atoms with Crippen LogP contribution in [0.4, 0.5) is 4.39 Å². The van der Waals surface area contributed by atoms with Crippen LogP contribution in [0.2, 0.25) is 0 Å². The molecule has 3 N–H and O–H groups in total. The number of hydrogen-bond donors (Lipinski definition) is 2. The molecule has 2 rings (SSSR count). The minimum Gasteiger partial charge on any atom is -0.466 e. The molecule has 0 saturated heterocycles. The molecule has 0 radical (unpaired) electrons. The van der Waals surface area contributed by atoms with Gasteiger partial charge in [0.05, 0.1) is 19.1 Å². The molecule has 2 aromatic carbocycles. The Morgan fingerprint density at radius 2 is 1.88 bits per heavy atom. The summed E-state index contributed by atoms with van der Waals surface area (Å²) in [6.45, 7) is 1.73. The minimum atomic E-state index is -0.604. The van der Waals surface area contributed by atoms with Crippen molar-refractivity contribution in [3.05, 3.63) is 59.9 Å². The van der Waals surface area contributed by atoms with Crippen molar-refractivity contribution in [2.75, 3.05) is 13.2 Å². The summed E-state index contributed by atoms with van der Waals surface area (Å²) in [5.74, 6) is -1.28. The zero-order valence-corrected chi connectivity index (χ0v) is 14.3. The number of aliphatic hydroxyl groups excluding tert-OH is 1. The van der Waals surface area contributed by atoms with Crippen LogP contribution < -0.4 is 5.73 Å². The number of nitrogens with two attached hydrogens (primary N) is 1. The number of carbonyl (C=O) groups excluding carboxylic acids is 1. The Morgan fingerprint density at radius 1 is 1.20 bits per heavy atom. The Bertz CT molecular complexity index is 688. The smallest absolute Gasteiger partial charge is 0.311 e. The predicted molar refractivity (Wildman–Crippen MR) is 95.3 cm³/mol. The number of rotatable bonds is 8. The molecule has 4 nitrogen and oxygen atoms in total. The van der Waals surface area contributed by atoms with E-state index in [2.05, 4.69) is 0 Å². The van der Waals surface area contributed by atoms with Crippen LogP contribution in [0.25, 0.3) is 11.1 Å². The van der Waals surface area contributed by atoms with E-state index in [1.807, 2.05) is 24.3 Å². The van der Waals surface area contributed by atoms with Crippen LogP contribution >= 0.6 is 0 Å². The molecule has 0 aromatic heterocycles. The summed E-state index contributed by atoms with van der Waals surface area (Å²) in [5.41, 5.74) is 8.46. The summed E-state index contributed by atoms with van der Waals surface area (Å²) >= 11 is 0. The third-order valence-electron chi connectivity index (χ3n) is 4.06. The van der Waals surface area contributed by atoms with Gasteiger partial charge in [-0.3, -0.25) is 4.79 Å². The minimum absolute atomic E-state index is 0.257. The summed E-state index contributed by atoms with van der Waals surface area (Å²) in [6.07, 6.45) is 0.915. The highest BCUT2D eigenvalue weighted by molar-refractivity contribution is 5.72. The van der Waals surface area contributed by atoms with Gasteiger partial charge in [0, 0.05) is 11.6 Å². The second kappa shape index (κ2) is 9.30. The van der Waals surface area contributed by atoms with Crippen LogP contribution in [0, 0.1) is 11.7 Å². The molecule has 2 unspecified atom stereocenters. The maximum absolute atomic E-state index is 13.8. The highest BCUT2D eigenvalue weighted by Crippen LogP contribution is 2.23. The van der Waals surface area contributed by atoms with E-state index in [-0.39, 0.29) is 25.1 Å². The van der Waals surface area contributed by atoms with Gasteiger partial charge in [-0.05, 0) is 37.0 Å². The molecule has 2 atom stereocenters. The first-order valence-corrected chi connectivity index (χ1v) is 8.42. The number of esters is 1. The normalized spacial score (nSPS) is 13.3. The van der Waals surface area contributed by atoms with E-state index < -0.39 is 11.9 Å². The van der Waals surface area contributed by atoms with Crippen molar-refractivity contribution in [3.8, 4) is 11.1 Å². The SMILES string of the molecule is CCOC(=O)C(CO)CC(N)Cc1ccc(-c2ccccc2F)cc1. The largest absolute Gasteiger partial charge is 0.466 e. The van der Waals surface area contributed by atoms with Crippen LogP contribution in [-0.2, 0) is 16.0 Å². The lowest BCUT2D eigenvalue weighted by Crippen LogP contribution is -2.32. The Morgan fingerprint density at radius 3 is 2.48 bits per heavy atom. The summed E-state index contributed by atoms with van der Waals surface area (Å²) in [6, 6.07) is 13.9. The molecular weight excluding hydrogens is 321 g/mol. The van der Waals surface area contributed by atoms with Crippen LogP contribution in [0.1, 0.15) is 18.9 Å². The number of carbonyl (C=O) groups is 1. The average molecular weight is 345 g/mol. The van der Waals surface area contributed by atoms with Gasteiger partial charge in [-0.15, -0.1) is 0 Å². The molecule has 5 heteroatoms. The van der Waals surface area contributed by atoms with E-state index >= 15 is 0 Å². The first-order valence-electron chi connectivity index (χ1n) is 8.42. The number of halogens is 1. The van der Waals surface area contributed by atoms with Gasteiger partial charge < -0.3 is 15.6 Å². The zero-order valence-electron chi connectivity index (χ0n) is 14.3. The second-order valence-corrected chi connectivity index (χ2v) is 6.01. The molecule has 0 spiro atoms. The maximum atomic E-state index is 13.8. The third-order valence-corrected chi connectivity index (χ3v) is 4.06.